The van der Waals surface area contributed by atoms with Crippen LogP contribution in [0.5, 0.6) is 0 Å². The molecule has 1 heterocycles. The third-order valence-electron chi connectivity index (χ3n) is 4.45. The van der Waals surface area contributed by atoms with Crippen molar-refractivity contribution in [1.82, 2.24) is 10.2 Å². The number of amides is 1. The zero-order valence-electron chi connectivity index (χ0n) is 14.0. The number of benzene rings is 2. The highest BCUT2D eigenvalue weighted by atomic mass is 16.4. The third-order valence-corrected chi connectivity index (χ3v) is 4.45. The van der Waals surface area contributed by atoms with Crippen LogP contribution in [0.15, 0.2) is 54.6 Å². The maximum absolute atomic E-state index is 12.5. The predicted octanol–water partition coefficient (Wildman–Crippen LogP) is 2.84. The summed E-state index contributed by atoms with van der Waals surface area (Å²) in [7, 11) is 0. The van der Waals surface area contributed by atoms with E-state index >= 15 is 0 Å². The van der Waals surface area contributed by atoms with Crippen molar-refractivity contribution in [1.29, 1.82) is 0 Å². The Labute approximate surface area is 147 Å². The quantitative estimate of drug-likeness (QED) is 0.850. The summed E-state index contributed by atoms with van der Waals surface area (Å²) in [5.74, 6) is -1.45. The number of nitrogens with zero attached hydrogens (tertiary/aromatic N) is 1. The first-order valence-corrected chi connectivity index (χ1v) is 8.53. The first-order chi connectivity index (χ1) is 12.1. The van der Waals surface area contributed by atoms with Gasteiger partial charge in [-0.3, -0.25) is 9.69 Å². The lowest BCUT2D eigenvalue weighted by molar-refractivity contribution is -0.139. The van der Waals surface area contributed by atoms with Gasteiger partial charge in [0.05, 0.1) is 0 Å². The van der Waals surface area contributed by atoms with E-state index in [9.17, 15) is 14.7 Å². The van der Waals surface area contributed by atoms with Gasteiger partial charge in [0.15, 0.2) is 6.04 Å². The molecule has 5 heteroatoms. The average Bonchev–Trinajstić information content (AvgIpc) is 3.13. The van der Waals surface area contributed by atoms with Gasteiger partial charge < -0.3 is 10.4 Å². The van der Waals surface area contributed by atoms with Gasteiger partial charge in [0.1, 0.15) is 0 Å². The lowest BCUT2D eigenvalue weighted by Gasteiger charge is -2.17. The predicted molar refractivity (Wildman–Crippen MR) is 95.2 cm³/mol. The second-order valence-corrected chi connectivity index (χ2v) is 6.34. The Hall–Kier alpha value is -2.66. The fraction of sp³-hybridized carbons (Fsp3) is 0.300. The highest BCUT2D eigenvalue weighted by molar-refractivity contribution is 5.97. The van der Waals surface area contributed by atoms with E-state index in [1.807, 2.05) is 24.3 Å². The van der Waals surface area contributed by atoms with E-state index in [-0.39, 0.29) is 5.91 Å². The summed E-state index contributed by atoms with van der Waals surface area (Å²) in [6, 6.07) is 15.1. The Morgan fingerprint density at radius 1 is 1.04 bits per heavy atom. The van der Waals surface area contributed by atoms with E-state index in [4.69, 9.17) is 0 Å². The minimum atomic E-state index is -1.08. The van der Waals surface area contributed by atoms with Gasteiger partial charge in [-0.15, -0.1) is 0 Å². The molecule has 1 aliphatic heterocycles. The maximum atomic E-state index is 12.5. The Balaban J connectivity index is 1.72. The van der Waals surface area contributed by atoms with Crippen molar-refractivity contribution in [2.45, 2.75) is 25.4 Å². The minimum Gasteiger partial charge on any atom is -0.479 e. The van der Waals surface area contributed by atoms with Gasteiger partial charge in [-0.2, -0.15) is 0 Å². The monoisotopic (exact) mass is 338 g/mol. The van der Waals surface area contributed by atoms with Crippen LogP contribution < -0.4 is 5.32 Å². The van der Waals surface area contributed by atoms with Crippen LogP contribution in [0, 0.1) is 0 Å². The van der Waals surface area contributed by atoms with Crippen LogP contribution in [0.2, 0.25) is 0 Å². The third kappa shape index (κ3) is 4.45. The number of hydrogen-bond donors (Lipinski definition) is 2. The molecule has 1 saturated heterocycles. The number of carbonyl (C=O) groups excluding carboxylic acids is 1. The fourth-order valence-electron chi connectivity index (χ4n) is 3.16. The van der Waals surface area contributed by atoms with Gasteiger partial charge in [0.2, 0.25) is 0 Å². The van der Waals surface area contributed by atoms with Crippen LogP contribution >= 0.6 is 0 Å². The van der Waals surface area contributed by atoms with Crippen LogP contribution in [-0.2, 0) is 11.3 Å². The highest BCUT2D eigenvalue weighted by Crippen LogP contribution is 2.16. The standard InChI is InChI=1S/C20H22N2O3/c23-19(21-18(20(24)25)16-8-2-1-3-9-16)17-10-6-7-15(13-17)14-22-11-4-5-12-22/h1-3,6-10,13,18H,4-5,11-12,14H2,(H,21,23)(H,24,25)/t18-/m1/s1. The molecular weight excluding hydrogens is 316 g/mol. The van der Waals surface area contributed by atoms with Gasteiger partial charge in [0, 0.05) is 12.1 Å². The molecular formula is C20H22N2O3. The molecule has 0 spiro atoms. The zero-order valence-corrected chi connectivity index (χ0v) is 14.0. The topological polar surface area (TPSA) is 69.6 Å². The van der Waals surface area contributed by atoms with E-state index in [1.165, 1.54) is 12.8 Å². The molecule has 2 N–H and O–H groups in total. The van der Waals surface area contributed by atoms with Crippen molar-refractivity contribution >= 4 is 11.9 Å². The molecule has 0 bridgehead atoms. The molecule has 3 rings (SSSR count). The van der Waals surface area contributed by atoms with Crippen LogP contribution in [0.25, 0.3) is 0 Å². The normalized spacial score (nSPS) is 15.7. The molecule has 130 valence electrons. The van der Waals surface area contributed by atoms with E-state index in [0.717, 1.165) is 25.2 Å². The molecule has 1 aliphatic rings. The number of nitrogens with one attached hydrogen (secondary N) is 1. The van der Waals surface area contributed by atoms with Gasteiger partial charge in [-0.1, -0.05) is 42.5 Å². The molecule has 1 amide bonds. The second-order valence-electron chi connectivity index (χ2n) is 6.34. The molecule has 2 aromatic rings. The summed E-state index contributed by atoms with van der Waals surface area (Å²) < 4.78 is 0. The van der Waals surface area contributed by atoms with Gasteiger partial charge in [-0.25, -0.2) is 4.79 Å². The summed E-state index contributed by atoms with van der Waals surface area (Å²) >= 11 is 0. The fourth-order valence-corrected chi connectivity index (χ4v) is 3.16. The summed E-state index contributed by atoms with van der Waals surface area (Å²) in [5.41, 5.74) is 2.11. The Kier molecular flexibility index (Phi) is 5.46. The maximum Gasteiger partial charge on any atom is 0.330 e. The Bertz CT molecular complexity index is 740. The minimum absolute atomic E-state index is 0.375. The first kappa shape index (κ1) is 17.2. The second kappa shape index (κ2) is 7.94. The van der Waals surface area contributed by atoms with Crippen molar-refractivity contribution in [3.63, 3.8) is 0 Å². The summed E-state index contributed by atoms with van der Waals surface area (Å²) in [6.07, 6.45) is 2.44. The molecule has 5 nitrogen and oxygen atoms in total. The molecule has 0 unspecified atom stereocenters. The van der Waals surface area contributed by atoms with Crippen molar-refractivity contribution in [3.05, 3.63) is 71.3 Å². The lowest BCUT2D eigenvalue weighted by atomic mass is 10.1. The van der Waals surface area contributed by atoms with Crippen LogP contribution in [0.4, 0.5) is 0 Å². The first-order valence-electron chi connectivity index (χ1n) is 8.53. The molecule has 0 saturated carbocycles. The number of aliphatic carboxylic acids is 1. The average molecular weight is 338 g/mol. The van der Waals surface area contributed by atoms with E-state index < -0.39 is 12.0 Å². The van der Waals surface area contributed by atoms with Crippen molar-refractivity contribution < 1.29 is 14.7 Å². The molecule has 2 aromatic carbocycles. The molecule has 0 aliphatic carbocycles. The number of likely N-dealkylation sites (tertiary alicyclic amines) is 1. The molecule has 25 heavy (non-hydrogen) atoms. The van der Waals surface area contributed by atoms with Crippen LogP contribution in [0.3, 0.4) is 0 Å². The van der Waals surface area contributed by atoms with E-state index in [1.54, 1.807) is 30.3 Å². The Morgan fingerprint density at radius 3 is 2.44 bits per heavy atom. The van der Waals surface area contributed by atoms with Crippen LogP contribution in [0.1, 0.15) is 40.4 Å². The number of carbonyl (C=O) groups is 2. The van der Waals surface area contributed by atoms with Gasteiger partial charge in [0.25, 0.3) is 5.91 Å². The molecule has 0 aromatic heterocycles. The van der Waals surface area contributed by atoms with Crippen molar-refractivity contribution in [2.24, 2.45) is 0 Å². The van der Waals surface area contributed by atoms with Gasteiger partial charge in [-0.05, 0) is 49.2 Å². The van der Waals surface area contributed by atoms with Crippen LogP contribution in [-0.4, -0.2) is 35.0 Å². The van der Waals surface area contributed by atoms with E-state index in [2.05, 4.69) is 10.2 Å². The van der Waals surface area contributed by atoms with Crippen molar-refractivity contribution in [3.8, 4) is 0 Å². The lowest BCUT2D eigenvalue weighted by Crippen LogP contribution is -2.33. The summed E-state index contributed by atoms with van der Waals surface area (Å²) in [4.78, 5) is 26.4. The zero-order chi connectivity index (χ0) is 17.6. The van der Waals surface area contributed by atoms with Gasteiger partial charge >= 0.3 is 5.97 Å². The summed E-state index contributed by atoms with van der Waals surface area (Å²) in [6.45, 7) is 3.00. The number of carboxylic acids is 1. The molecule has 1 atom stereocenters. The molecule has 1 fully saturated rings. The summed E-state index contributed by atoms with van der Waals surface area (Å²) in [5, 5.41) is 12.1. The number of hydrogen-bond acceptors (Lipinski definition) is 3. The number of carboxylic acid groups (broad SMARTS) is 1. The highest BCUT2D eigenvalue weighted by Gasteiger charge is 2.22. The largest absolute Gasteiger partial charge is 0.479 e. The molecule has 0 radical (unpaired) electrons. The van der Waals surface area contributed by atoms with E-state index in [0.29, 0.717) is 11.1 Å². The Morgan fingerprint density at radius 2 is 1.76 bits per heavy atom. The number of rotatable bonds is 6. The van der Waals surface area contributed by atoms with Crippen molar-refractivity contribution in [2.75, 3.05) is 13.1 Å². The SMILES string of the molecule is O=C(N[C@@H](C(=O)O)c1ccccc1)c1cccc(CN2CCCC2)c1. The smallest absolute Gasteiger partial charge is 0.330 e.